The van der Waals surface area contributed by atoms with Gasteiger partial charge in [0, 0.05) is 6.07 Å². The highest BCUT2D eigenvalue weighted by Crippen LogP contribution is 2.23. The molecular formula is C20H17ClFN3O4. The number of rotatable bonds is 7. The second-order valence-electron chi connectivity index (χ2n) is 5.99. The first-order valence-electron chi connectivity index (χ1n) is 8.58. The molecule has 1 heterocycles. The maximum Gasteiger partial charge on any atom is 0.344 e. The number of aromatic nitrogens is 2. The van der Waals surface area contributed by atoms with E-state index in [4.69, 9.17) is 21.1 Å². The molecule has 1 N–H and O–H groups in total. The van der Waals surface area contributed by atoms with Crippen LogP contribution in [0.2, 0.25) is 5.02 Å². The molecule has 0 aliphatic heterocycles. The van der Waals surface area contributed by atoms with Gasteiger partial charge in [-0.3, -0.25) is 4.79 Å². The van der Waals surface area contributed by atoms with E-state index in [-0.39, 0.29) is 12.4 Å². The maximum absolute atomic E-state index is 13.1. The highest BCUT2D eigenvalue weighted by Gasteiger charge is 2.14. The molecule has 0 radical (unpaired) electrons. The van der Waals surface area contributed by atoms with Crippen LogP contribution in [-0.4, -0.2) is 34.9 Å². The van der Waals surface area contributed by atoms with E-state index >= 15 is 0 Å². The lowest BCUT2D eigenvalue weighted by Gasteiger charge is -2.10. The molecule has 0 aliphatic rings. The van der Waals surface area contributed by atoms with E-state index in [0.717, 1.165) is 0 Å². The number of benzene rings is 2. The molecule has 0 saturated carbocycles. The predicted octanol–water partition coefficient (Wildman–Crippen LogP) is 3.53. The summed E-state index contributed by atoms with van der Waals surface area (Å²) in [6.07, 6.45) is 0. The average molecular weight is 418 g/mol. The molecule has 0 unspecified atom stereocenters. The van der Waals surface area contributed by atoms with Crippen molar-refractivity contribution in [2.24, 2.45) is 0 Å². The van der Waals surface area contributed by atoms with Crippen molar-refractivity contribution in [1.82, 2.24) is 9.78 Å². The molecule has 29 heavy (non-hydrogen) atoms. The summed E-state index contributed by atoms with van der Waals surface area (Å²) in [5.74, 6) is -0.950. The summed E-state index contributed by atoms with van der Waals surface area (Å²) in [5, 5.41) is 7.24. The third-order valence-electron chi connectivity index (χ3n) is 3.72. The zero-order chi connectivity index (χ0) is 20.8. The number of ether oxygens (including phenoxy) is 2. The Bertz CT molecular complexity index is 1020. The fourth-order valence-corrected chi connectivity index (χ4v) is 2.62. The lowest BCUT2D eigenvalue weighted by Crippen LogP contribution is -2.24. The molecule has 150 valence electrons. The first-order chi connectivity index (χ1) is 13.9. The maximum atomic E-state index is 13.1. The van der Waals surface area contributed by atoms with Crippen LogP contribution in [0.5, 0.6) is 5.75 Å². The Kier molecular flexibility index (Phi) is 6.46. The number of para-hydroxylation sites is 1. The lowest BCUT2D eigenvalue weighted by atomic mass is 10.3. The number of hydrogen-bond acceptors (Lipinski definition) is 5. The summed E-state index contributed by atoms with van der Waals surface area (Å²) in [4.78, 5) is 23.9. The Morgan fingerprint density at radius 3 is 2.59 bits per heavy atom. The molecule has 1 aromatic heterocycles. The molecule has 2 aromatic carbocycles. The van der Waals surface area contributed by atoms with Crippen LogP contribution < -0.4 is 10.1 Å². The molecule has 1 amide bonds. The standard InChI is InChI=1S/C20H17ClFN3O4/c1-13-10-18(25(24-13)15-8-6-14(22)7-9-15)23-19(26)11-29-20(27)12-28-17-5-3-2-4-16(17)21/h2-10H,11-12H2,1H3,(H,23,26). The molecule has 3 rings (SSSR count). The van der Waals surface area contributed by atoms with Crippen molar-refractivity contribution >= 4 is 29.3 Å². The number of aryl methyl sites for hydroxylation is 1. The van der Waals surface area contributed by atoms with Gasteiger partial charge in [0.15, 0.2) is 13.2 Å². The summed E-state index contributed by atoms with van der Waals surface area (Å²) in [6.45, 7) is 0.865. The lowest BCUT2D eigenvalue weighted by molar-refractivity contribution is -0.149. The van der Waals surface area contributed by atoms with Crippen LogP contribution in [0.3, 0.4) is 0 Å². The third-order valence-corrected chi connectivity index (χ3v) is 4.03. The molecule has 3 aromatic rings. The first kappa shape index (κ1) is 20.3. The minimum Gasteiger partial charge on any atom is -0.480 e. The van der Waals surface area contributed by atoms with Crippen LogP contribution in [0.25, 0.3) is 5.69 Å². The fourth-order valence-electron chi connectivity index (χ4n) is 2.43. The molecule has 0 aliphatic carbocycles. The van der Waals surface area contributed by atoms with E-state index in [1.807, 2.05) is 0 Å². The van der Waals surface area contributed by atoms with Gasteiger partial charge in [-0.2, -0.15) is 5.10 Å². The number of hydrogen-bond donors (Lipinski definition) is 1. The van der Waals surface area contributed by atoms with Gasteiger partial charge in [-0.1, -0.05) is 23.7 Å². The van der Waals surface area contributed by atoms with E-state index in [0.29, 0.717) is 28.0 Å². The van der Waals surface area contributed by atoms with Crippen LogP contribution in [0.15, 0.2) is 54.6 Å². The van der Waals surface area contributed by atoms with Gasteiger partial charge in [-0.25, -0.2) is 13.9 Å². The number of carbonyl (C=O) groups is 2. The fraction of sp³-hybridized carbons (Fsp3) is 0.150. The Balaban J connectivity index is 1.54. The van der Waals surface area contributed by atoms with Crippen LogP contribution in [-0.2, 0) is 14.3 Å². The van der Waals surface area contributed by atoms with Crippen LogP contribution >= 0.6 is 11.6 Å². The van der Waals surface area contributed by atoms with Crippen LogP contribution in [0.4, 0.5) is 10.2 Å². The predicted molar refractivity (Wildman–Crippen MR) is 105 cm³/mol. The van der Waals surface area contributed by atoms with Gasteiger partial charge >= 0.3 is 5.97 Å². The monoisotopic (exact) mass is 417 g/mol. The Hall–Kier alpha value is -3.39. The number of nitrogens with zero attached hydrogens (tertiary/aromatic N) is 2. The average Bonchev–Trinajstić information content (AvgIpc) is 3.06. The van der Waals surface area contributed by atoms with Gasteiger partial charge in [-0.15, -0.1) is 0 Å². The Morgan fingerprint density at radius 1 is 1.14 bits per heavy atom. The van der Waals surface area contributed by atoms with Gasteiger partial charge in [0.1, 0.15) is 17.4 Å². The highest BCUT2D eigenvalue weighted by atomic mass is 35.5. The summed E-state index contributed by atoms with van der Waals surface area (Å²) < 4.78 is 24.7. The van der Waals surface area contributed by atoms with Crippen molar-refractivity contribution < 1.29 is 23.5 Å². The number of halogens is 2. The molecule has 7 nitrogen and oxygen atoms in total. The van der Waals surface area contributed by atoms with Crippen molar-refractivity contribution in [2.75, 3.05) is 18.5 Å². The number of esters is 1. The van der Waals surface area contributed by atoms with Gasteiger partial charge < -0.3 is 14.8 Å². The van der Waals surface area contributed by atoms with Crippen LogP contribution in [0.1, 0.15) is 5.69 Å². The largest absolute Gasteiger partial charge is 0.480 e. The normalized spacial score (nSPS) is 10.4. The summed E-state index contributed by atoms with van der Waals surface area (Å²) in [5.41, 5.74) is 1.22. The summed E-state index contributed by atoms with van der Waals surface area (Å²) in [6, 6.07) is 14.0. The minimum atomic E-state index is -0.719. The van der Waals surface area contributed by atoms with E-state index in [1.165, 1.54) is 28.9 Å². The van der Waals surface area contributed by atoms with Crippen molar-refractivity contribution in [3.8, 4) is 11.4 Å². The quantitative estimate of drug-likeness (QED) is 0.594. The van der Waals surface area contributed by atoms with E-state index < -0.39 is 18.5 Å². The summed E-state index contributed by atoms with van der Waals surface area (Å²) >= 11 is 5.93. The van der Waals surface area contributed by atoms with Gasteiger partial charge in [0.05, 0.1) is 16.4 Å². The van der Waals surface area contributed by atoms with E-state index in [2.05, 4.69) is 10.4 Å². The van der Waals surface area contributed by atoms with E-state index in [9.17, 15) is 14.0 Å². The molecular weight excluding hydrogens is 401 g/mol. The van der Waals surface area contributed by atoms with Gasteiger partial charge in [0.2, 0.25) is 0 Å². The zero-order valence-electron chi connectivity index (χ0n) is 15.4. The minimum absolute atomic E-state index is 0.342. The zero-order valence-corrected chi connectivity index (χ0v) is 16.1. The number of nitrogens with one attached hydrogen (secondary N) is 1. The molecule has 9 heteroatoms. The Labute approximate surface area is 171 Å². The smallest absolute Gasteiger partial charge is 0.344 e. The molecule has 0 bridgehead atoms. The van der Waals surface area contributed by atoms with Crippen molar-refractivity contribution in [2.45, 2.75) is 6.92 Å². The SMILES string of the molecule is Cc1cc(NC(=O)COC(=O)COc2ccccc2Cl)n(-c2ccc(F)cc2)n1. The second kappa shape index (κ2) is 9.20. The van der Waals surface area contributed by atoms with Gasteiger partial charge in [-0.05, 0) is 43.3 Å². The van der Waals surface area contributed by atoms with Crippen molar-refractivity contribution in [3.63, 3.8) is 0 Å². The summed E-state index contributed by atoms with van der Waals surface area (Å²) in [7, 11) is 0. The number of anilines is 1. The molecule has 0 atom stereocenters. The number of amides is 1. The Morgan fingerprint density at radius 2 is 1.86 bits per heavy atom. The molecule has 0 saturated heterocycles. The van der Waals surface area contributed by atoms with Crippen molar-refractivity contribution in [1.29, 1.82) is 0 Å². The van der Waals surface area contributed by atoms with Gasteiger partial charge in [0.25, 0.3) is 5.91 Å². The first-order valence-corrected chi connectivity index (χ1v) is 8.95. The third kappa shape index (κ3) is 5.55. The molecule has 0 fully saturated rings. The van der Waals surface area contributed by atoms with Crippen molar-refractivity contribution in [3.05, 3.63) is 71.1 Å². The van der Waals surface area contributed by atoms with Crippen LogP contribution in [0, 0.1) is 12.7 Å². The van der Waals surface area contributed by atoms with E-state index in [1.54, 1.807) is 37.3 Å². The highest BCUT2D eigenvalue weighted by molar-refractivity contribution is 6.32. The second-order valence-corrected chi connectivity index (χ2v) is 6.39. The number of carbonyl (C=O) groups excluding carboxylic acids is 2. The topological polar surface area (TPSA) is 82.5 Å². The molecule has 0 spiro atoms.